The van der Waals surface area contributed by atoms with E-state index in [0.29, 0.717) is 101 Å². The number of hydrogen-bond donors (Lipinski definition) is 8. The first-order valence-electron chi connectivity index (χ1n) is 41.5. The highest BCUT2D eigenvalue weighted by Crippen LogP contribution is 2.42. The van der Waals surface area contributed by atoms with Crippen molar-refractivity contribution in [2.24, 2.45) is 45.6 Å². The molecule has 0 saturated carbocycles. The van der Waals surface area contributed by atoms with Crippen LogP contribution in [0, 0.1) is 12.3 Å². The Kier molecular flexibility index (Phi) is 33.0. The van der Waals surface area contributed by atoms with Gasteiger partial charge in [-0.3, -0.25) is 62.5 Å². The molecule has 12 rings (SSSR count). The van der Waals surface area contributed by atoms with E-state index >= 15 is 0 Å². The zero-order valence-electron chi connectivity index (χ0n) is 71.1. The summed E-state index contributed by atoms with van der Waals surface area (Å²) in [7, 11) is 9.71. The van der Waals surface area contributed by atoms with E-state index in [0.717, 1.165) is 107 Å². The van der Waals surface area contributed by atoms with E-state index in [4.69, 9.17) is 49.8 Å². The highest BCUT2D eigenvalue weighted by molar-refractivity contribution is 6.30. The fraction of sp³-hybridized carbons (Fsp3) is 0.506. The molecule has 2 aromatic carbocycles. The number of imidazole rings is 3. The molecule has 3 saturated heterocycles. The fourth-order valence-electron chi connectivity index (χ4n) is 14.9. The van der Waals surface area contributed by atoms with Crippen LogP contribution in [0.1, 0.15) is 120 Å². The average molecular weight is 1740 g/mol. The minimum atomic E-state index is -0.636. The minimum Gasteiger partial charge on any atom is -0.497 e. The standard InChI is InChI=1S/C83H111ClN24O16/c1-56-97-98-74-63(92-73(57-8-10-58(84)11-9-57)62-48-61(118-7)12-13-64(62)108(56)74)49-72(112)107-54-83(55-107)17-24-104(25-18-83)31-35-120-39-44-124-45-41-122-37-33-106-29-27-105(28-30-106)32-36-121-40-43-123-42-38-119-34-23-85-69(109)14-19-89-80(115)76-95-67(52-102(76)5)93-70(110)15-20-88-79(114)66-47-60(51-101(66)4)91-82(117)77-96-68(53-103(77)6)94-71(111)16-21-87-78(113)65-46-59(50-100(65)3)90-81(116)75-86-22-26-99(75)2/h8-13,22,26,46-48,50-53,63H,14-21,23-25,27-45,49,54-55H2,1-7H3,(H,85,109)(H,87,113)(H,88,114)(H,89,115)(H,90,116)(H,91,117)(H,93,110)(H,94,111)/t63-/m0/s1. The summed E-state index contributed by atoms with van der Waals surface area (Å²) >= 11 is 6.30. The summed E-state index contributed by atoms with van der Waals surface area (Å²) in [6, 6.07) is 15.9. The van der Waals surface area contributed by atoms with Gasteiger partial charge in [-0.05, 0) is 75.3 Å². The van der Waals surface area contributed by atoms with Gasteiger partial charge in [0.2, 0.25) is 35.3 Å². The zero-order chi connectivity index (χ0) is 87.7. The average Bonchev–Trinajstić information content (AvgIpc) is 1.30. The molecule has 0 unspecified atom stereocenters. The number of halogens is 1. The van der Waals surface area contributed by atoms with E-state index in [1.165, 1.54) is 55.2 Å². The predicted octanol–water partition coefficient (Wildman–Crippen LogP) is 3.00. The van der Waals surface area contributed by atoms with Crippen molar-refractivity contribution in [2.75, 3.05) is 206 Å². The number of aromatic nitrogens is 11. The number of hydrogen-bond acceptors (Lipinski definition) is 25. The first-order valence-corrected chi connectivity index (χ1v) is 41.9. The molecule has 0 radical (unpaired) electrons. The van der Waals surface area contributed by atoms with Crippen molar-refractivity contribution < 1.29 is 76.3 Å². The lowest BCUT2D eigenvalue weighted by molar-refractivity contribution is -0.147. The SMILES string of the molecule is COc1ccc2c(c1)C(c1ccc(Cl)cc1)=N[C@@H](CC(=O)N1CC3(CCN(CCOCCOCCOCCN4CCN(CCOCCOCCOCCNC(=O)CCNC(=O)c5nc(NC(=O)CCNC(=O)c6cc(NC(=O)c7nc(NC(=O)CCNC(=O)c8cc(NC(=O)c9nccn9C)cn8C)cn7C)cn6C)cn5C)CC4)CC3)C1)c1nnc(C)n1-2. The van der Waals surface area contributed by atoms with E-state index in [1.54, 1.807) is 59.3 Å². The Morgan fingerprint density at radius 1 is 0.492 bits per heavy atom. The molecule has 1 atom stereocenters. The molecule has 8 aromatic rings. The minimum absolute atomic E-state index is 0.00234. The third-order valence-corrected chi connectivity index (χ3v) is 22.0. The van der Waals surface area contributed by atoms with E-state index in [1.807, 2.05) is 58.9 Å². The zero-order valence-corrected chi connectivity index (χ0v) is 71.9. The lowest BCUT2D eigenvalue weighted by Crippen LogP contribution is -2.62. The van der Waals surface area contributed by atoms with Crippen LogP contribution in [0.3, 0.4) is 0 Å². The molecule has 10 heterocycles. The number of aliphatic imine (C=N–C) groups is 1. The molecule has 9 amide bonds. The maximum atomic E-state index is 14.0. The highest BCUT2D eigenvalue weighted by atomic mass is 35.5. The molecule has 40 nitrogen and oxygen atoms in total. The third-order valence-electron chi connectivity index (χ3n) is 21.7. The van der Waals surface area contributed by atoms with Crippen LogP contribution in [0.15, 0.2) is 96.8 Å². The second kappa shape index (κ2) is 44.6. The number of rotatable bonds is 46. The number of amides is 9. The molecule has 1 spiro atoms. The number of benzene rings is 2. The molecule has 4 aliphatic heterocycles. The van der Waals surface area contributed by atoms with Crippen molar-refractivity contribution >= 4 is 93.5 Å². The number of aryl methyl sites for hydroxylation is 6. The Labute approximate surface area is 722 Å². The van der Waals surface area contributed by atoms with Gasteiger partial charge < -0.3 is 108 Å². The first-order chi connectivity index (χ1) is 59.9. The molecule has 41 heteroatoms. The van der Waals surface area contributed by atoms with Gasteiger partial charge in [0.1, 0.15) is 29.0 Å². The number of carbonyl (C=O) groups is 9. The number of likely N-dealkylation sites (tertiary alicyclic amines) is 2. The summed E-state index contributed by atoms with van der Waals surface area (Å²) in [4.78, 5) is 144. The van der Waals surface area contributed by atoms with Gasteiger partial charge in [0.15, 0.2) is 23.3 Å². The number of piperazine rings is 1. The molecule has 0 aliphatic carbocycles. The van der Waals surface area contributed by atoms with Gasteiger partial charge in [0.25, 0.3) is 29.5 Å². The Balaban J connectivity index is 0.413. The highest BCUT2D eigenvalue weighted by Gasteiger charge is 2.47. The molecule has 3 fully saturated rings. The Bertz CT molecular complexity index is 5020. The number of nitrogens with one attached hydrogen (secondary N) is 8. The van der Waals surface area contributed by atoms with Gasteiger partial charge in [-0.1, -0.05) is 23.7 Å². The summed E-state index contributed by atoms with van der Waals surface area (Å²) < 4.78 is 49.7. The quantitative estimate of drug-likeness (QED) is 0.0254. The largest absolute Gasteiger partial charge is 0.497 e. The van der Waals surface area contributed by atoms with Crippen LogP contribution in [0.4, 0.5) is 23.0 Å². The topological polar surface area (TPSA) is 434 Å². The van der Waals surface area contributed by atoms with Crippen LogP contribution in [-0.2, 0) is 82.8 Å². The molecular formula is C83H111ClN24O16. The molecule has 666 valence electrons. The maximum absolute atomic E-state index is 14.0. The molecule has 0 bridgehead atoms. The summed E-state index contributed by atoms with van der Waals surface area (Å²) in [6.07, 6.45) is 11.1. The molecular weight excluding hydrogens is 1620 g/mol. The van der Waals surface area contributed by atoms with Gasteiger partial charge >= 0.3 is 0 Å². The number of fused-ring (bicyclic) bond motifs is 3. The van der Waals surface area contributed by atoms with Crippen molar-refractivity contribution in [1.82, 2.24) is 93.4 Å². The van der Waals surface area contributed by atoms with Crippen LogP contribution in [0.5, 0.6) is 5.75 Å². The smallest absolute Gasteiger partial charge is 0.291 e. The second-order valence-electron chi connectivity index (χ2n) is 30.8. The molecule has 6 aromatic heterocycles. The molecule has 124 heavy (non-hydrogen) atoms. The van der Waals surface area contributed by atoms with Crippen molar-refractivity contribution in [1.29, 1.82) is 0 Å². The van der Waals surface area contributed by atoms with Crippen molar-refractivity contribution in [3.63, 3.8) is 0 Å². The first kappa shape index (κ1) is 91.6. The number of ether oxygens (including phenoxy) is 7. The monoisotopic (exact) mass is 1730 g/mol. The van der Waals surface area contributed by atoms with Crippen molar-refractivity contribution in [3.05, 3.63) is 148 Å². The van der Waals surface area contributed by atoms with Crippen molar-refractivity contribution in [3.8, 4) is 11.4 Å². The number of carbonyl (C=O) groups excluding carboxylic acids is 9. The third kappa shape index (κ3) is 25.6. The number of methoxy groups -OCH3 is 1. The predicted molar refractivity (Wildman–Crippen MR) is 457 cm³/mol. The van der Waals surface area contributed by atoms with E-state index < -0.39 is 47.4 Å². The van der Waals surface area contributed by atoms with Gasteiger partial charge in [0.05, 0.1) is 116 Å². The molecule has 4 aliphatic rings. The summed E-state index contributed by atoms with van der Waals surface area (Å²) in [5.41, 5.74) is 4.58. The maximum Gasteiger partial charge on any atom is 0.291 e. The number of piperidine rings is 1. The number of nitrogens with zero attached hydrogens (tertiary/aromatic N) is 16. The van der Waals surface area contributed by atoms with Crippen LogP contribution >= 0.6 is 11.6 Å². The van der Waals surface area contributed by atoms with Crippen molar-refractivity contribution in [2.45, 2.75) is 51.5 Å². The second-order valence-corrected chi connectivity index (χ2v) is 31.2. The van der Waals surface area contributed by atoms with E-state index in [-0.39, 0.29) is 122 Å². The van der Waals surface area contributed by atoms with E-state index in [2.05, 4.69) is 82.4 Å². The van der Waals surface area contributed by atoms with Gasteiger partial charge in [-0.25, -0.2) is 15.0 Å². The Morgan fingerprint density at radius 2 is 0.976 bits per heavy atom. The van der Waals surface area contributed by atoms with Gasteiger partial charge in [-0.15, -0.1) is 10.2 Å². The van der Waals surface area contributed by atoms with Crippen LogP contribution in [-0.4, -0.2) is 316 Å². The fourth-order valence-corrected chi connectivity index (χ4v) is 15.0. The summed E-state index contributed by atoms with van der Waals surface area (Å²) in [5, 5.41) is 31.0. The Morgan fingerprint density at radius 3 is 1.49 bits per heavy atom. The Hall–Kier alpha value is -11.6. The van der Waals surface area contributed by atoms with Crippen LogP contribution < -0.4 is 47.3 Å². The summed E-state index contributed by atoms with van der Waals surface area (Å²) in [5.74, 6) is -1.45. The lowest BCUT2D eigenvalue weighted by Gasteiger charge is -2.54. The summed E-state index contributed by atoms with van der Waals surface area (Å²) in [6.45, 7) is 18.0. The van der Waals surface area contributed by atoms with Gasteiger partial charge in [-0.2, -0.15) is 0 Å². The van der Waals surface area contributed by atoms with Crippen LogP contribution in [0.2, 0.25) is 5.02 Å². The van der Waals surface area contributed by atoms with E-state index in [9.17, 15) is 43.2 Å². The lowest BCUT2D eigenvalue weighted by atomic mass is 9.72. The van der Waals surface area contributed by atoms with Crippen LogP contribution in [0.25, 0.3) is 5.69 Å². The van der Waals surface area contributed by atoms with Gasteiger partial charge in [0, 0.05) is 198 Å². The molecule has 8 N–H and O–H groups in total. The normalized spacial score (nSPS) is 15.1. The number of anilines is 4.